The van der Waals surface area contributed by atoms with Crippen molar-refractivity contribution >= 4 is 5.97 Å². The smallest absolute Gasteiger partial charge is 0.303 e. The molecule has 19 heavy (non-hydrogen) atoms. The first-order valence-electron chi connectivity index (χ1n) is 6.73. The third-order valence-electron chi connectivity index (χ3n) is 3.53. The number of nitrogens with one attached hydrogen (secondary N) is 1. The molecule has 0 amide bonds. The maximum absolute atomic E-state index is 10.7. The number of carboxylic acid groups (broad SMARTS) is 1. The summed E-state index contributed by atoms with van der Waals surface area (Å²) in [4.78, 5) is 17.2. The molecule has 2 atom stereocenters. The third kappa shape index (κ3) is 4.29. The van der Waals surface area contributed by atoms with Gasteiger partial charge >= 0.3 is 5.97 Å². The van der Waals surface area contributed by atoms with Gasteiger partial charge in [0.15, 0.2) is 0 Å². The van der Waals surface area contributed by atoms with Gasteiger partial charge in [-0.15, -0.1) is 0 Å². The predicted octanol–water partition coefficient (Wildman–Crippen LogP) is 1.11. The molecule has 1 aliphatic heterocycles. The van der Waals surface area contributed by atoms with Gasteiger partial charge in [-0.3, -0.25) is 14.7 Å². The molecular weight excluding hydrogens is 242 g/mol. The first-order valence-corrected chi connectivity index (χ1v) is 6.73. The van der Waals surface area contributed by atoms with Gasteiger partial charge < -0.3 is 10.4 Å². The Morgan fingerprint density at radius 3 is 3.16 bits per heavy atom. The topological polar surface area (TPSA) is 65.5 Å². The van der Waals surface area contributed by atoms with E-state index < -0.39 is 5.97 Å². The van der Waals surface area contributed by atoms with Crippen LogP contribution in [-0.4, -0.2) is 46.1 Å². The number of hydrogen-bond acceptors (Lipinski definition) is 4. The zero-order valence-corrected chi connectivity index (χ0v) is 11.2. The Bertz CT molecular complexity index is 410. The molecule has 1 aromatic heterocycles. The second-order valence-corrected chi connectivity index (χ2v) is 5.19. The van der Waals surface area contributed by atoms with Crippen LogP contribution in [0.25, 0.3) is 0 Å². The van der Waals surface area contributed by atoms with E-state index in [9.17, 15) is 4.79 Å². The molecule has 1 fully saturated rings. The van der Waals surface area contributed by atoms with E-state index in [0.717, 1.165) is 19.6 Å². The molecule has 0 aliphatic carbocycles. The number of hydrogen-bond donors (Lipinski definition) is 2. The number of carboxylic acids is 1. The maximum Gasteiger partial charge on any atom is 0.303 e. The van der Waals surface area contributed by atoms with Gasteiger partial charge in [-0.25, -0.2) is 0 Å². The van der Waals surface area contributed by atoms with E-state index in [1.807, 2.05) is 12.3 Å². The lowest BCUT2D eigenvalue weighted by atomic mass is 10.0. The van der Waals surface area contributed by atoms with Crippen molar-refractivity contribution in [2.24, 2.45) is 0 Å². The van der Waals surface area contributed by atoms with Gasteiger partial charge in [0.05, 0.1) is 0 Å². The fourth-order valence-electron chi connectivity index (χ4n) is 2.53. The van der Waals surface area contributed by atoms with Crippen molar-refractivity contribution < 1.29 is 9.90 Å². The Balaban J connectivity index is 1.98. The number of pyridine rings is 1. The van der Waals surface area contributed by atoms with Gasteiger partial charge in [0.25, 0.3) is 0 Å². The highest BCUT2D eigenvalue weighted by Crippen LogP contribution is 2.15. The molecule has 2 heterocycles. The van der Waals surface area contributed by atoms with Crippen molar-refractivity contribution in [1.29, 1.82) is 0 Å². The van der Waals surface area contributed by atoms with Crippen LogP contribution in [0, 0.1) is 0 Å². The van der Waals surface area contributed by atoms with E-state index in [4.69, 9.17) is 5.11 Å². The predicted molar refractivity (Wildman–Crippen MR) is 72.8 cm³/mol. The summed E-state index contributed by atoms with van der Waals surface area (Å²) in [6, 6.07) is 4.73. The summed E-state index contributed by atoms with van der Waals surface area (Å²) in [7, 11) is 0. The second kappa shape index (κ2) is 6.63. The van der Waals surface area contributed by atoms with E-state index in [1.165, 1.54) is 5.56 Å². The molecule has 0 saturated carbocycles. The van der Waals surface area contributed by atoms with Crippen molar-refractivity contribution in [3.8, 4) is 0 Å². The zero-order valence-electron chi connectivity index (χ0n) is 11.2. The monoisotopic (exact) mass is 263 g/mol. The van der Waals surface area contributed by atoms with Crippen LogP contribution in [0.1, 0.15) is 25.3 Å². The SMILES string of the molecule is CC1CN(Cc2cccnc2)C(CCC(=O)O)CN1. The van der Waals surface area contributed by atoms with Crippen molar-refractivity contribution in [1.82, 2.24) is 15.2 Å². The van der Waals surface area contributed by atoms with Crippen LogP contribution in [0.2, 0.25) is 0 Å². The molecule has 5 nitrogen and oxygen atoms in total. The minimum Gasteiger partial charge on any atom is -0.481 e. The first-order chi connectivity index (χ1) is 9.15. The quantitative estimate of drug-likeness (QED) is 0.833. The van der Waals surface area contributed by atoms with Crippen LogP contribution in [0.15, 0.2) is 24.5 Å². The Hall–Kier alpha value is -1.46. The number of carbonyl (C=O) groups is 1. The average molecular weight is 263 g/mol. The fourth-order valence-corrected chi connectivity index (χ4v) is 2.53. The minimum absolute atomic E-state index is 0.226. The van der Waals surface area contributed by atoms with Gasteiger partial charge in [-0.1, -0.05) is 6.07 Å². The van der Waals surface area contributed by atoms with Gasteiger partial charge in [-0.2, -0.15) is 0 Å². The molecular formula is C14H21N3O2. The van der Waals surface area contributed by atoms with E-state index >= 15 is 0 Å². The summed E-state index contributed by atoms with van der Waals surface area (Å²) in [5, 5.41) is 12.2. The molecule has 1 aromatic rings. The molecule has 0 bridgehead atoms. The molecule has 1 aliphatic rings. The molecule has 0 radical (unpaired) electrons. The van der Waals surface area contributed by atoms with E-state index in [0.29, 0.717) is 12.5 Å². The molecule has 2 unspecified atom stereocenters. The summed E-state index contributed by atoms with van der Waals surface area (Å²) >= 11 is 0. The van der Waals surface area contributed by atoms with Crippen LogP contribution >= 0.6 is 0 Å². The molecule has 0 spiro atoms. The summed E-state index contributed by atoms with van der Waals surface area (Å²) in [5.74, 6) is -0.722. The Morgan fingerprint density at radius 1 is 1.63 bits per heavy atom. The molecule has 5 heteroatoms. The highest BCUT2D eigenvalue weighted by atomic mass is 16.4. The van der Waals surface area contributed by atoms with Crippen LogP contribution in [0.5, 0.6) is 0 Å². The van der Waals surface area contributed by atoms with Crippen molar-refractivity contribution in [2.45, 2.75) is 38.4 Å². The maximum atomic E-state index is 10.7. The molecule has 2 rings (SSSR count). The Kier molecular flexibility index (Phi) is 4.87. The first kappa shape index (κ1) is 14.0. The van der Waals surface area contributed by atoms with Gasteiger partial charge in [-0.05, 0) is 25.0 Å². The standard InChI is InChI=1S/C14H21N3O2/c1-11-9-17(10-12-3-2-6-15-7-12)13(8-16-11)4-5-14(18)19/h2-3,6-7,11,13,16H,4-5,8-10H2,1H3,(H,18,19). The van der Waals surface area contributed by atoms with E-state index in [1.54, 1.807) is 6.20 Å². The normalized spacial score (nSPS) is 24.3. The second-order valence-electron chi connectivity index (χ2n) is 5.19. The lowest BCUT2D eigenvalue weighted by Gasteiger charge is -2.39. The van der Waals surface area contributed by atoms with Gasteiger partial charge in [0, 0.05) is 50.5 Å². The zero-order chi connectivity index (χ0) is 13.7. The van der Waals surface area contributed by atoms with Crippen molar-refractivity contribution in [2.75, 3.05) is 13.1 Å². The van der Waals surface area contributed by atoms with Gasteiger partial charge in [0.2, 0.25) is 0 Å². The summed E-state index contributed by atoms with van der Waals surface area (Å²) in [5.41, 5.74) is 1.18. The fraction of sp³-hybridized carbons (Fsp3) is 0.571. The molecule has 104 valence electrons. The van der Waals surface area contributed by atoms with Crippen LogP contribution in [0.4, 0.5) is 0 Å². The minimum atomic E-state index is -0.722. The molecule has 0 aromatic carbocycles. The average Bonchev–Trinajstić information content (AvgIpc) is 2.39. The van der Waals surface area contributed by atoms with Crippen LogP contribution in [-0.2, 0) is 11.3 Å². The lowest BCUT2D eigenvalue weighted by Crippen LogP contribution is -2.55. The van der Waals surface area contributed by atoms with Gasteiger partial charge in [0.1, 0.15) is 0 Å². The Morgan fingerprint density at radius 2 is 2.47 bits per heavy atom. The number of rotatable bonds is 5. The largest absolute Gasteiger partial charge is 0.481 e. The van der Waals surface area contributed by atoms with Crippen LogP contribution in [0.3, 0.4) is 0 Å². The van der Waals surface area contributed by atoms with Crippen LogP contribution < -0.4 is 5.32 Å². The number of aliphatic carboxylic acids is 1. The number of piperazine rings is 1. The van der Waals surface area contributed by atoms with E-state index in [-0.39, 0.29) is 12.5 Å². The summed E-state index contributed by atoms with van der Waals surface area (Å²) in [6.07, 6.45) is 4.56. The van der Waals surface area contributed by atoms with Crippen molar-refractivity contribution in [3.05, 3.63) is 30.1 Å². The summed E-state index contributed by atoms with van der Waals surface area (Å²) in [6.45, 7) is 4.79. The third-order valence-corrected chi connectivity index (χ3v) is 3.53. The lowest BCUT2D eigenvalue weighted by molar-refractivity contribution is -0.137. The number of aromatic nitrogens is 1. The number of nitrogens with zero attached hydrogens (tertiary/aromatic N) is 2. The Labute approximate surface area is 113 Å². The summed E-state index contributed by atoms with van der Waals surface area (Å²) < 4.78 is 0. The van der Waals surface area contributed by atoms with E-state index in [2.05, 4.69) is 28.2 Å². The molecule has 2 N–H and O–H groups in total. The highest BCUT2D eigenvalue weighted by Gasteiger charge is 2.26. The highest BCUT2D eigenvalue weighted by molar-refractivity contribution is 5.66. The molecule has 1 saturated heterocycles. The van der Waals surface area contributed by atoms with Crippen molar-refractivity contribution in [3.63, 3.8) is 0 Å².